The van der Waals surface area contributed by atoms with E-state index >= 15 is 0 Å². The zero-order valence-electron chi connectivity index (χ0n) is 9.88. The number of nitrogens with zero attached hydrogens (tertiary/aromatic N) is 2. The van der Waals surface area contributed by atoms with Crippen molar-refractivity contribution < 1.29 is 4.39 Å². The summed E-state index contributed by atoms with van der Waals surface area (Å²) in [4.78, 5) is 4.38. The van der Waals surface area contributed by atoms with E-state index < -0.39 is 0 Å². The molecule has 3 nitrogen and oxygen atoms in total. The second-order valence-electron chi connectivity index (χ2n) is 3.91. The minimum absolute atomic E-state index is 0.274. The predicted molar refractivity (Wildman–Crippen MR) is 77.2 cm³/mol. The monoisotopic (exact) mass is 271 g/mol. The van der Waals surface area contributed by atoms with E-state index in [1.807, 2.05) is 24.3 Å². The first-order chi connectivity index (χ1) is 9.31. The lowest BCUT2D eigenvalue weighted by Crippen LogP contribution is -1.90. The van der Waals surface area contributed by atoms with Crippen molar-refractivity contribution in [2.75, 3.05) is 5.43 Å². The number of hydrogen-bond acceptors (Lipinski definition) is 4. The first-order valence-electron chi connectivity index (χ1n) is 5.71. The molecule has 0 amide bonds. The molecule has 5 heteroatoms. The van der Waals surface area contributed by atoms with Crippen LogP contribution in [0.1, 0.15) is 5.56 Å². The van der Waals surface area contributed by atoms with E-state index in [1.54, 1.807) is 18.3 Å². The topological polar surface area (TPSA) is 37.3 Å². The van der Waals surface area contributed by atoms with Crippen LogP contribution in [0.2, 0.25) is 0 Å². The van der Waals surface area contributed by atoms with Crippen LogP contribution in [-0.2, 0) is 0 Å². The maximum Gasteiger partial charge on any atom is 0.204 e. The van der Waals surface area contributed by atoms with Gasteiger partial charge < -0.3 is 0 Å². The number of nitrogens with one attached hydrogen (secondary N) is 1. The van der Waals surface area contributed by atoms with E-state index in [0.717, 1.165) is 10.2 Å². The first kappa shape index (κ1) is 11.8. The molecule has 2 aromatic carbocycles. The highest BCUT2D eigenvalue weighted by Crippen LogP contribution is 2.25. The van der Waals surface area contributed by atoms with E-state index in [4.69, 9.17) is 0 Å². The second kappa shape index (κ2) is 5.16. The number of aromatic nitrogens is 1. The van der Waals surface area contributed by atoms with Crippen molar-refractivity contribution in [1.82, 2.24) is 4.98 Å². The smallest absolute Gasteiger partial charge is 0.204 e. The van der Waals surface area contributed by atoms with Gasteiger partial charge in [-0.15, -0.1) is 0 Å². The SMILES string of the molecule is Fc1cccc(/C=N\Nc2nc3ccccc3s2)c1. The van der Waals surface area contributed by atoms with Gasteiger partial charge in [0.05, 0.1) is 16.4 Å². The van der Waals surface area contributed by atoms with Gasteiger partial charge in [-0.25, -0.2) is 9.37 Å². The molecule has 3 rings (SSSR count). The van der Waals surface area contributed by atoms with Crippen LogP contribution in [0.4, 0.5) is 9.52 Å². The van der Waals surface area contributed by atoms with Gasteiger partial charge in [0.15, 0.2) is 0 Å². The summed E-state index contributed by atoms with van der Waals surface area (Å²) < 4.78 is 14.1. The third kappa shape index (κ3) is 2.77. The summed E-state index contributed by atoms with van der Waals surface area (Å²) in [6, 6.07) is 14.1. The fourth-order valence-electron chi connectivity index (χ4n) is 1.67. The van der Waals surface area contributed by atoms with Crippen LogP contribution in [0, 0.1) is 5.82 Å². The number of anilines is 1. The summed E-state index contributed by atoms with van der Waals surface area (Å²) in [6.07, 6.45) is 1.56. The summed E-state index contributed by atoms with van der Waals surface area (Å²) in [7, 11) is 0. The Balaban J connectivity index is 1.75. The highest BCUT2D eigenvalue weighted by Gasteiger charge is 2.00. The summed E-state index contributed by atoms with van der Waals surface area (Å²) in [6.45, 7) is 0. The van der Waals surface area contributed by atoms with Crippen molar-refractivity contribution >= 4 is 32.9 Å². The third-order valence-corrected chi connectivity index (χ3v) is 3.46. The minimum atomic E-state index is -0.274. The molecule has 0 fully saturated rings. The summed E-state index contributed by atoms with van der Waals surface area (Å²) in [5.41, 5.74) is 4.50. The van der Waals surface area contributed by atoms with Gasteiger partial charge in [-0.3, -0.25) is 5.43 Å². The maximum atomic E-state index is 13.0. The number of hydrogen-bond donors (Lipinski definition) is 1. The van der Waals surface area contributed by atoms with Gasteiger partial charge in [0.1, 0.15) is 5.82 Å². The van der Waals surface area contributed by atoms with Crippen LogP contribution >= 0.6 is 11.3 Å². The molecule has 1 N–H and O–H groups in total. The maximum absolute atomic E-state index is 13.0. The lowest BCUT2D eigenvalue weighted by atomic mass is 10.2. The van der Waals surface area contributed by atoms with Crippen molar-refractivity contribution in [1.29, 1.82) is 0 Å². The van der Waals surface area contributed by atoms with Crippen molar-refractivity contribution in [2.24, 2.45) is 5.10 Å². The van der Waals surface area contributed by atoms with Crippen molar-refractivity contribution in [3.63, 3.8) is 0 Å². The van der Waals surface area contributed by atoms with E-state index in [2.05, 4.69) is 15.5 Å². The summed E-state index contributed by atoms with van der Waals surface area (Å²) >= 11 is 1.53. The van der Waals surface area contributed by atoms with Gasteiger partial charge in [0.2, 0.25) is 5.13 Å². The van der Waals surface area contributed by atoms with E-state index in [0.29, 0.717) is 10.7 Å². The molecule has 0 atom stereocenters. The zero-order valence-corrected chi connectivity index (χ0v) is 10.7. The normalized spacial score (nSPS) is 11.2. The largest absolute Gasteiger partial charge is 0.253 e. The Kier molecular flexibility index (Phi) is 3.20. The fraction of sp³-hybridized carbons (Fsp3) is 0. The summed E-state index contributed by atoms with van der Waals surface area (Å²) in [5, 5.41) is 4.77. The number of thiazole rings is 1. The van der Waals surface area contributed by atoms with Crippen LogP contribution in [0.3, 0.4) is 0 Å². The predicted octanol–water partition coefficient (Wildman–Crippen LogP) is 3.88. The Morgan fingerprint density at radius 3 is 2.89 bits per heavy atom. The number of para-hydroxylation sites is 1. The van der Waals surface area contributed by atoms with Crippen molar-refractivity contribution in [3.8, 4) is 0 Å². The molecule has 1 aromatic heterocycles. The van der Waals surface area contributed by atoms with E-state index in [1.165, 1.54) is 23.5 Å². The van der Waals surface area contributed by atoms with Gasteiger partial charge >= 0.3 is 0 Å². The number of halogens is 1. The lowest BCUT2D eigenvalue weighted by molar-refractivity contribution is 0.627. The first-order valence-corrected chi connectivity index (χ1v) is 6.53. The number of hydrazone groups is 1. The van der Waals surface area contributed by atoms with Crippen LogP contribution in [0.15, 0.2) is 53.6 Å². The molecular formula is C14H10FN3S. The van der Waals surface area contributed by atoms with E-state index in [-0.39, 0.29) is 5.82 Å². The summed E-state index contributed by atoms with van der Waals surface area (Å²) in [5.74, 6) is -0.274. The van der Waals surface area contributed by atoms with Crippen LogP contribution in [0.5, 0.6) is 0 Å². The molecule has 0 unspecified atom stereocenters. The molecule has 0 radical (unpaired) electrons. The van der Waals surface area contributed by atoms with Gasteiger partial charge in [-0.1, -0.05) is 35.6 Å². The van der Waals surface area contributed by atoms with Crippen LogP contribution < -0.4 is 5.43 Å². The molecule has 0 aliphatic carbocycles. The second-order valence-corrected chi connectivity index (χ2v) is 4.94. The Bertz CT molecular complexity index is 703. The minimum Gasteiger partial charge on any atom is -0.253 e. The van der Waals surface area contributed by atoms with E-state index in [9.17, 15) is 4.39 Å². The van der Waals surface area contributed by atoms with Crippen molar-refractivity contribution in [3.05, 3.63) is 59.9 Å². The molecular weight excluding hydrogens is 261 g/mol. The number of rotatable bonds is 3. The molecule has 0 aliphatic rings. The average molecular weight is 271 g/mol. The molecule has 94 valence electrons. The number of benzene rings is 2. The highest BCUT2D eigenvalue weighted by molar-refractivity contribution is 7.22. The van der Waals surface area contributed by atoms with Crippen LogP contribution in [-0.4, -0.2) is 11.2 Å². The molecule has 0 saturated heterocycles. The number of fused-ring (bicyclic) bond motifs is 1. The Morgan fingerprint density at radius 1 is 1.16 bits per heavy atom. The molecule has 0 saturated carbocycles. The fourth-order valence-corrected chi connectivity index (χ4v) is 2.48. The molecule has 0 aliphatic heterocycles. The highest BCUT2D eigenvalue weighted by atomic mass is 32.1. The van der Waals surface area contributed by atoms with Gasteiger partial charge in [0.25, 0.3) is 0 Å². The van der Waals surface area contributed by atoms with Gasteiger partial charge in [-0.05, 0) is 29.8 Å². The Hall–Kier alpha value is -2.27. The van der Waals surface area contributed by atoms with Crippen molar-refractivity contribution in [2.45, 2.75) is 0 Å². The van der Waals surface area contributed by atoms with Gasteiger partial charge in [0, 0.05) is 0 Å². The molecule has 3 aromatic rings. The third-order valence-electron chi connectivity index (χ3n) is 2.52. The zero-order chi connectivity index (χ0) is 13.1. The molecule has 19 heavy (non-hydrogen) atoms. The van der Waals surface area contributed by atoms with Gasteiger partial charge in [-0.2, -0.15) is 5.10 Å². The van der Waals surface area contributed by atoms with Crippen LogP contribution in [0.25, 0.3) is 10.2 Å². The standard InChI is InChI=1S/C14H10FN3S/c15-11-5-3-4-10(8-11)9-16-18-14-17-12-6-1-2-7-13(12)19-14/h1-9H,(H,17,18)/b16-9-. The molecule has 1 heterocycles. The average Bonchev–Trinajstić information content (AvgIpc) is 2.81. The molecule has 0 spiro atoms. The Morgan fingerprint density at radius 2 is 2.05 bits per heavy atom. The molecule has 0 bridgehead atoms. The Labute approximate surface area is 113 Å². The lowest BCUT2D eigenvalue weighted by Gasteiger charge is -1.94. The quantitative estimate of drug-likeness (QED) is 0.580.